The van der Waals surface area contributed by atoms with Gasteiger partial charge in [-0.1, -0.05) is 12.1 Å². The van der Waals surface area contributed by atoms with Crippen molar-refractivity contribution < 1.29 is 69.4 Å². The lowest BCUT2D eigenvalue weighted by atomic mass is 9.99. The van der Waals surface area contributed by atoms with Crippen LogP contribution in [0.5, 0.6) is 40.2 Å². The quantitative estimate of drug-likeness (QED) is 0.0629. The molecule has 3 unspecified atom stereocenters. The number of aliphatic hydroxyl groups is 3. The van der Waals surface area contributed by atoms with Gasteiger partial charge in [-0.25, -0.2) is 9.21 Å². The van der Waals surface area contributed by atoms with E-state index in [1.54, 1.807) is 12.1 Å². The molecule has 1 aliphatic heterocycles. The monoisotopic (exact) mass is 611 g/mol. The number of ether oxygens (including phenoxy) is 3. The van der Waals surface area contributed by atoms with Crippen molar-refractivity contribution in [2.75, 3.05) is 6.61 Å². The summed E-state index contributed by atoms with van der Waals surface area (Å²) in [5.41, 5.74) is 0.464. The van der Waals surface area contributed by atoms with Gasteiger partial charge in [0.05, 0.1) is 11.6 Å². The van der Waals surface area contributed by atoms with E-state index in [9.17, 15) is 50.8 Å². The van der Waals surface area contributed by atoms with Crippen LogP contribution >= 0.6 is 0 Å². The van der Waals surface area contributed by atoms with Crippen LogP contribution in [0.2, 0.25) is 0 Å². The smallest absolute Gasteiger partial charge is 0.402 e. The summed E-state index contributed by atoms with van der Waals surface area (Å²) in [7, 11) is 0. The van der Waals surface area contributed by atoms with Crippen LogP contribution in [-0.2, 0) is 14.3 Å². The molecule has 0 bridgehead atoms. The topological polar surface area (TPSA) is 238 Å². The zero-order chi connectivity index (χ0) is 31.7. The zero-order valence-electron chi connectivity index (χ0n) is 22.5. The van der Waals surface area contributed by atoms with E-state index in [2.05, 4.69) is 0 Å². The maximum absolute atomic E-state index is 12.3. The number of phenolic OH excluding ortho intramolecular Hbond substituents is 6. The van der Waals surface area contributed by atoms with Gasteiger partial charge < -0.3 is 60.2 Å². The number of esters is 1. The van der Waals surface area contributed by atoms with Gasteiger partial charge in [-0.2, -0.15) is 0 Å². The molecule has 5 rings (SSSR count). The number of aromatic hydroxyl groups is 6. The zero-order valence-corrected chi connectivity index (χ0v) is 22.5. The molecule has 0 spiro atoms. The summed E-state index contributed by atoms with van der Waals surface area (Å²) in [5, 5.41) is 91.2. The van der Waals surface area contributed by atoms with Crippen LogP contribution in [0.25, 0.3) is 28.4 Å². The van der Waals surface area contributed by atoms with E-state index in [0.29, 0.717) is 5.56 Å². The first-order valence-corrected chi connectivity index (χ1v) is 13.0. The molecule has 1 saturated heterocycles. The Bertz CT molecular complexity index is 1690. The largest absolute Gasteiger partial charge is 0.508 e. The summed E-state index contributed by atoms with van der Waals surface area (Å²) in [6.07, 6.45) is -6.01. The molecule has 3 aromatic carbocycles. The van der Waals surface area contributed by atoms with Crippen molar-refractivity contribution in [3.8, 4) is 51.6 Å². The van der Waals surface area contributed by atoms with Gasteiger partial charge in [-0.15, -0.1) is 0 Å². The van der Waals surface area contributed by atoms with Crippen LogP contribution in [0.4, 0.5) is 0 Å². The molecule has 44 heavy (non-hydrogen) atoms. The molecule has 1 aliphatic rings. The van der Waals surface area contributed by atoms with Gasteiger partial charge in [0.2, 0.25) is 12.0 Å². The van der Waals surface area contributed by atoms with Gasteiger partial charge in [-0.05, 0) is 23.8 Å². The van der Waals surface area contributed by atoms with E-state index < -0.39 is 66.3 Å². The van der Waals surface area contributed by atoms with Gasteiger partial charge >= 0.3 is 17.3 Å². The summed E-state index contributed by atoms with van der Waals surface area (Å²) < 4.78 is 22.4. The molecule has 1 aromatic heterocycles. The number of phenols is 6. The highest BCUT2D eigenvalue weighted by Gasteiger charge is 2.46. The van der Waals surface area contributed by atoms with E-state index in [1.165, 1.54) is 24.3 Å². The third-order valence-electron chi connectivity index (χ3n) is 6.75. The normalized spacial score (nSPS) is 21.8. The number of fused-ring (bicyclic) bond motifs is 1. The molecular weight excluding hydrogens is 584 g/mol. The fourth-order valence-electron chi connectivity index (χ4n) is 4.45. The van der Waals surface area contributed by atoms with Crippen molar-refractivity contribution >= 4 is 23.0 Å². The first kappa shape index (κ1) is 30.2. The average Bonchev–Trinajstić information content (AvgIpc) is 2.98. The lowest BCUT2D eigenvalue weighted by Crippen LogP contribution is -2.60. The molecule has 0 radical (unpaired) electrons. The van der Waals surface area contributed by atoms with Crippen molar-refractivity contribution in [2.24, 2.45) is 0 Å². The van der Waals surface area contributed by atoms with Crippen molar-refractivity contribution in [3.63, 3.8) is 0 Å². The summed E-state index contributed by atoms with van der Waals surface area (Å²) in [6, 6.07) is 11.4. The number of benzene rings is 3. The van der Waals surface area contributed by atoms with Gasteiger partial charge in [0.15, 0.2) is 17.2 Å². The summed E-state index contributed by atoms with van der Waals surface area (Å²) in [6.45, 7) is -0.571. The van der Waals surface area contributed by atoms with E-state index in [-0.39, 0.29) is 39.5 Å². The molecule has 1 fully saturated rings. The number of hydrogen-bond acceptors (Lipinski definition) is 13. The standard InChI is InChI=1S/C30H26O14/c31-15-4-1-13(2-5-15)3-6-24(36)41-12-23-26(38)27(39)28(40)30(44-23)43-22-11-17-18(33)9-16(32)10-21(17)42-29(22)14-7-19(34)25(37)20(35)8-14/h1-11,23,26-28,30,38-40H,12H2,(H5-,31,32,33,34,35,36,37)/p+1/t23?,26-,27?,28?,30+/m0/s1. The lowest BCUT2D eigenvalue weighted by molar-refractivity contribution is -0.278. The Hall–Kier alpha value is -5.28. The third-order valence-corrected chi connectivity index (χ3v) is 6.75. The minimum atomic E-state index is -1.86. The van der Waals surface area contributed by atoms with Crippen molar-refractivity contribution in [2.45, 2.75) is 30.7 Å². The maximum atomic E-state index is 12.3. The Morgan fingerprint density at radius 1 is 0.818 bits per heavy atom. The highest BCUT2D eigenvalue weighted by Crippen LogP contribution is 2.44. The van der Waals surface area contributed by atoms with Crippen LogP contribution in [0.1, 0.15) is 5.56 Å². The van der Waals surface area contributed by atoms with E-state index in [0.717, 1.165) is 30.3 Å². The second-order valence-electron chi connectivity index (χ2n) is 9.87. The molecule has 0 saturated carbocycles. The molecular formula is C30H27O14+. The number of carbonyl (C=O) groups excluding carboxylic acids is 1. The highest BCUT2D eigenvalue weighted by atomic mass is 16.7. The van der Waals surface area contributed by atoms with E-state index in [1.807, 2.05) is 0 Å². The first-order chi connectivity index (χ1) is 20.9. The van der Waals surface area contributed by atoms with Crippen LogP contribution in [0.3, 0.4) is 0 Å². The van der Waals surface area contributed by atoms with Crippen molar-refractivity contribution in [3.05, 3.63) is 66.2 Å². The molecule has 230 valence electrons. The minimum Gasteiger partial charge on any atom is -0.508 e. The number of carbonyl (C=O) groups is 1. The van der Waals surface area contributed by atoms with Gasteiger partial charge in [0.1, 0.15) is 53.7 Å². The Morgan fingerprint density at radius 2 is 1.50 bits per heavy atom. The molecule has 14 nitrogen and oxygen atoms in total. The summed E-state index contributed by atoms with van der Waals surface area (Å²) in [4.78, 5) is 12.3. The van der Waals surface area contributed by atoms with Crippen LogP contribution in [-0.4, -0.2) is 89.2 Å². The van der Waals surface area contributed by atoms with Crippen molar-refractivity contribution in [1.29, 1.82) is 0 Å². The molecule has 5 atom stereocenters. The molecule has 9 N–H and O–H groups in total. The first-order valence-electron chi connectivity index (χ1n) is 13.0. The Labute approximate surface area is 247 Å². The predicted octanol–water partition coefficient (Wildman–Crippen LogP) is 2.06. The summed E-state index contributed by atoms with van der Waals surface area (Å²) in [5.74, 6) is -4.35. The highest BCUT2D eigenvalue weighted by molar-refractivity contribution is 5.89. The molecule has 2 heterocycles. The van der Waals surface area contributed by atoms with Gasteiger partial charge in [0.25, 0.3) is 0 Å². The molecule has 14 heteroatoms. The SMILES string of the molecule is O=C(/C=C/c1ccc(O)cc1)OCC1O[C@@H](Oc2cc3c(O)cc(O)cc3[o+]c2-c2cc(O)c(O)c(O)c2)C(O)C(O)[C@H]1O. The average molecular weight is 612 g/mol. The summed E-state index contributed by atoms with van der Waals surface area (Å²) >= 11 is 0. The second kappa shape index (κ2) is 12.1. The van der Waals surface area contributed by atoms with Gasteiger partial charge in [-0.3, -0.25) is 0 Å². The van der Waals surface area contributed by atoms with Crippen LogP contribution in [0, 0.1) is 0 Å². The molecule has 4 aromatic rings. The Morgan fingerprint density at radius 3 is 2.18 bits per heavy atom. The maximum Gasteiger partial charge on any atom is 0.402 e. The Kier molecular flexibility index (Phi) is 8.33. The van der Waals surface area contributed by atoms with E-state index >= 15 is 0 Å². The lowest BCUT2D eigenvalue weighted by Gasteiger charge is -2.39. The van der Waals surface area contributed by atoms with E-state index in [4.69, 9.17) is 18.6 Å². The number of hydrogen-bond donors (Lipinski definition) is 9. The van der Waals surface area contributed by atoms with Crippen LogP contribution < -0.4 is 4.74 Å². The second-order valence-corrected chi connectivity index (χ2v) is 9.87. The van der Waals surface area contributed by atoms with Crippen LogP contribution in [0.15, 0.2) is 65.1 Å². The fourth-order valence-corrected chi connectivity index (χ4v) is 4.45. The molecule has 0 aliphatic carbocycles. The minimum absolute atomic E-state index is 0.0190. The predicted molar refractivity (Wildman–Crippen MR) is 150 cm³/mol. The number of aliphatic hydroxyl groups excluding tert-OH is 3. The molecule has 0 amide bonds. The fraction of sp³-hybridized carbons (Fsp3) is 0.200. The van der Waals surface area contributed by atoms with Gasteiger partial charge in [0, 0.05) is 30.3 Å². The Balaban J connectivity index is 1.41. The number of rotatable bonds is 7. The van der Waals surface area contributed by atoms with Crippen molar-refractivity contribution in [1.82, 2.24) is 0 Å². The third kappa shape index (κ3) is 6.23.